The highest BCUT2D eigenvalue weighted by Crippen LogP contribution is 2.49. The summed E-state index contributed by atoms with van der Waals surface area (Å²) in [5.74, 6) is 0.776. The van der Waals surface area contributed by atoms with Gasteiger partial charge in [0.1, 0.15) is 11.9 Å². The predicted octanol–water partition coefficient (Wildman–Crippen LogP) is 5.32. The number of hydrogen-bond acceptors (Lipinski definition) is 2. The molecule has 1 aliphatic rings. The zero-order valence-electron chi connectivity index (χ0n) is 13.1. The van der Waals surface area contributed by atoms with Crippen LogP contribution in [0.15, 0.2) is 18.2 Å². The average molecular weight is 330 g/mol. The molecule has 2 nitrogen and oxygen atoms in total. The summed E-state index contributed by atoms with van der Waals surface area (Å²) in [6.07, 6.45) is 4.67. The zero-order chi connectivity index (χ0) is 15.5. The van der Waals surface area contributed by atoms with Crippen molar-refractivity contribution in [1.29, 1.82) is 0 Å². The summed E-state index contributed by atoms with van der Waals surface area (Å²) < 4.78 is 6.21. The quantitative estimate of drug-likeness (QED) is 0.730. The van der Waals surface area contributed by atoms with Gasteiger partial charge in [0.15, 0.2) is 0 Å². The average Bonchev–Trinajstić information content (AvgIpc) is 2.42. The van der Waals surface area contributed by atoms with E-state index in [0.717, 1.165) is 38.0 Å². The van der Waals surface area contributed by atoms with Crippen molar-refractivity contribution in [2.75, 3.05) is 6.54 Å². The molecule has 118 valence electrons. The van der Waals surface area contributed by atoms with Gasteiger partial charge in [0, 0.05) is 27.9 Å². The number of benzene rings is 1. The molecule has 1 N–H and O–H groups in total. The second-order valence-corrected chi connectivity index (χ2v) is 6.77. The van der Waals surface area contributed by atoms with Crippen LogP contribution in [-0.2, 0) is 0 Å². The molecule has 0 aliphatic heterocycles. The van der Waals surface area contributed by atoms with Crippen molar-refractivity contribution in [3.8, 4) is 5.75 Å². The third-order valence-electron chi connectivity index (χ3n) is 4.86. The smallest absolute Gasteiger partial charge is 0.122 e. The highest BCUT2D eigenvalue weighted by Gasteiger charge is 2.53. The largest absolute Gasteiger partial charge is 0.490 e. The minimum Gasteiger partial charge on any atom is -0.490 e. The van der Waals surface area contributed by atoms with Gasteiger partial charge in [-0.25, -0.2) is 0 Å². The molecule has 0 spiro atoms. The number of rotatable bonds is 7. The van der Waals surface area contributed by atoms with Crippen LogP contribution in [0.1, 0.15) is 46.5 Å². The molecule has 2 rings (SSSR count). The summed E-state index contributed by atoms with van der Waals surface area (Å²) in [5, 5.41) is 4.91. The third kappa shape index (κ3) is 3.49. The lowest BCUT2D eigenvalue weighted by atomic mass is 9.58. The summed E-state index contributed by atoms with van der Waals surface area (Å²) in [7, 11) is 0. The molecule has 1 aliphatic carbocycles. The Morgan fingerprint density at radius 2 is 1.76 bits per heavy atom. The Hall–Kier alpha value is -0.440. The molecular weight excluding hydrogens is 305 g/mol. The van der Waals surface area contributed by atoms with E-state index in [4.69, 9.17) is 27.9 Å². The summed E-state index contributed by atoms with van der Waals surface area (Å²) in [5.41, 5.74) is 0.212. The van der Waals surface area contributed by atoms with Crippen LogP contribution in [0.4, 0.5) is 0 Å². The van der Waals surface area contributed by atoms with E-state index in [2.05, 4.69) is 26.1 Å². The van der Waals surface area contributed by atoms with Gasteiger partial charge in [0.05, 0.1) is 0 Å². The van der Waals surface area contributed by atoms with Crippen molar-refractivity contribution in [2.24, 2.45) is 5.41 Å². The van der Waals surface area contributed by atoms with Crippen LogP contribution in [0.3, 0.4) is 0 Å². The van der Waals surface area contributed by atoms with Crippen LogP contribution >= 0.6 is 23.2 Å². The van der Waals surface area contributed by atoms with Gasteiger partial charge < -0.3 is 10.1 Å². The molecule has 0 bridgehead atoms. The van der Waals surface area contributed by atoms with Gasteiger partial charge in [-0.15, -0.1) is 0 Å². The molecule has 0 aromatic heterocycles. The summed E-state index contributed by atoms with van der Waals surface area (Å²) in [6.45, 7) is 7.78. The SMILES string of the molecule is CCCNC1CC(Oc2cc(Cl)cc(Cl)c2)C1(CC)CC. The molecule has 21 heavy (non-hydrogen) atoms. The Kier molecular flexibility index (Phi) is 5.81. The monoisotopic (exact) mass is 329 g/mol. The number of hydrogen-bond donors (Lipinski definition) is 1. The van der Waals surface area contributed by atoms with Gasteiger partial charge in [-0.05, 0) is 44.0 Å². The molecule has 1 fully saturated rings. The molecule has 0 radical (unpaired) electrons. The standard InChI is InChI=1S/C17H25Cl2NO/c1-4-7-20-15-11-16(17(15,5-2)6-3)21-14-9-12(18)8-13(19)10-14/h8-10,15-16,20H,4-7,11H2,1-3H3. The number of nitrogens with one attached hydrogen (secondary N) is 1. The number of halogens is 2. The first-order chi connectivity index (χ1) is 10.1. The third-order valence-corrected chi connectivity index (χ3v) is 5.29. The van der Waals surface area contributed by atoms with Gasteiger partial charge >= 0.3 is 0 Å². The Bertz CT molecular complexity index is 454. The fourth-order valence-corrected chi connectivity index (χ4v) is 3.98. The van der Waals surface area contributed by atoms with E-state index in [1.54, 1.807) is 6.07 Å². The molecule has 1 aromatic rings. The highest BCUT2D eigenvalue weighted by atomic mass is 35.5. The fourth-order valence-electron chi connectivity index (χ4n) is 3.48. The molecule has 1 saturated carbocycles. The normalized spacial score (nSPS) is 23.7. The molecule has 2 atom stereocenters. The second-order valence-electron chi connectivity index (χ2n) is 5.89. The van der Waals surface area contributed by atoms with E-state index in [-0.39, 0.29) is 11.5 Å². The van der Waals surface area contributed by atoms with Crippen molar-refractivity contribution in [3.05, 3.63) is 28.2 Å². The molecule has 4 heteroatoms. The van der Waals surface area contributed by atoms with E-state index < -0.39 is 0 Å². The Balaban J connectivity index is 2.09. The van der Waals surface area contributed by atoms with Crippen LogP contribution in [0.25, 0.3) is 0 Å². The Morgan fingerprint density at radius 3 is 2.29 bits per heavy atom. The predicted molar refractivity (Wildman–Crippen MR) is 90.6 cm³/mol. The van der Waals surface area contributed by atoms with Crippen molar-refractivity contribution < 1.29 is 4.74 Å². The molecule has 0 amide bonds. The van der Waals surface area contributed by atoms with E-state index in [1.807, 2.05) is 12.1 Å². The topological polar surface area (TPSA) is 21.3 Å². The summed E-state index contributed by atoms with van der Waals surface area (Å²) in [4.78, 5) is 0. The molecular formula is C17H25Cl2NO. The number of ether oxygens (including phenoxy) is 1. The van der Waals surface area contributed by atoms with Crippen molar-refractivity contribution in [1.82, 2.24) is 5.32 Å². The molecule has 0 saturated heterocycles. The fraction of sp³-hybridized carbons (Fsp3) is 0.647. The van der Waals surface area contributed by atoms with Crippen LogP contribution in [-0.4, -0.2) is 18.7 Å². The minimum absolute atomic E-state index is 0.212. The van der Waals surface area contributed by atoms with E-state index in [0.29, 0.717) is 16.1 Å². The van der Waals surface area contributed by atoms with Crippen LogP contribution < -0.4 is 10.1 Å². The van der Waals surface area contributed by atoms with E-state index >= 15 is 0 Å². The lowest BCUT2D eigenvalue weighted by Gasteiger charge is -2.55. The first-order valence-corrected chi connectivity index (χ1v) is 8.67. The maximum Gasteiger partial charge on any atom is 0.122 e. The zero-order valence-corrected chi connectivity index (χ0v) is 14.6. The van der Waals surface area contributed by atoms with Crippen molar-refractivity contribution in [3.63, 3.8) is 0 Å². The van der Waals surface area contributed by atoms with Gasteiger partial charge in [0.2, 0.25) is 0 Å². The lowest BCUT2D eigenvalue weighted by molar-refractivity contribution is -0.0858. The summed E-state index contributed by atoms with van der Waals surface area (Å²) >= 11 is 12.1. The molecule has 1 aromatic carbocycles. The highest BCUT2D eigenvalue weighted by molar-refractivity contribution is 6.34. The van der Waals surface area contributed by atoms with Gasteiger partial charge in [-0.2, -0.15) is 0 Å². The van der Waals surface area contributed by atoms with Gasteiger partial charge in [0.25, 0.3) is 0 Å². The lowest BCUT2D eigenvalue weighted by Crippen LogP contribution is -2.64. The van der Waals surface area contributed by atoms with Crippen LogP contribution in [0.5, 0.6) is 5.75 Å². The second kappa shape index (κ2) is 7.21. The van der Waals surface area contributed by atoms with E-state index in [9.17, 15) is 0 Å². The van der Waals surface area contributed by atoms with Crippen molar-refractivity contribution >= 4 is 23.2 Å². The Morgan fingerprint density at radius 1 is 1.14 bits per heavy atom. The summed E-state index contributed by atoms with van der Waals surface area (Å²) in [6, 6.07) is 5.97. The minimum atomic E-state index is 0.212. The first-order valence-electron chi connectivity index (χ1n) is 7.91. The molecule has 2 unspecified atom stereocenters. The molecule has 0 heterocycles. The maximum absolute atomic E-state index is 6.21. The van der Waals surface area contributed by atoms with Gasteiger partial charge in [-0.3, -0.25) is 0 Å². The van der Waals surface area contributed by atoms with Gasteiger partial charge in [-0.1, -0.05) is 44.0 Å². The van der Waals surface area contributed by atoms with Crippen LogP contribution in [0.2, 0.25) is 10.0 Å². The van der Waals surface area contributed by atoms with Crippen LogP contribution in [0, 0.1) is 5.41 Å². The van der Waals surface area contributed by atoms with E-state index in [1.165, 1.54) is 0 Å². The Labute approximate surface area is 138 Å². The first kappa shape index (κ1) is 16.9. The van der Waals surface area contributed by atoms with Crippen molar-refractivity contribution in [2.45, 2.75) is 58.6 Å². The maximum atomic E-state index is 6.21.